The van der Waals surface area contributed by atoms with Gasteiger partial charge in [0.2, 0.25) is 0 Å². The predicted molar refractivity (Wildman–Crippen MR) is 74.7 cm³/mol. The van der Waals surface area contributed by atoms with Crippen LogP contribution in [0.1, 0.15) is 25.3 Å². The molecule has 0 radical (unpaired) electrons. The number of rotatable bonds is 4. The summed E-state index contributed by atoms with van der Waals surface area (Å²) in [6, 6.07) is 7.31. The number of halogens is 1. The Morgan fingerprint density at radius 1 is 1.37 bits per heavy atom. The molecule has 1 aromatic rings. The third-order valence-corrected chi connectivity index (χ3v) is 3.99. The summed E-state index contributed by atoms with van der Waals surface area (Å²) in [5.41, 5.74) is 1.56. The summed E-state index contributed by atoms with van der Waals surface area (Å²) < 4.78 is 12.9. The van der Waals surface area contributed by atoms with E-state index in [1.807, 2.05) is 12.1 Å². The molecule has 0 spiro atoms. The molecule has 1 saturated carbocycles. The van der Waals surface area contributed by atoms with Gasteiger partial charge in [-0.25, -0.2) is 4.39 Å². The number of hydrogen-bond donors (Lipinski definition) is 2. The van der Waals surface area contributed by atoms with Crippen molar-refractivity contribution in [2.75, 3.05) is 13.1 Å². The van der Waals surface area contributed by atoms with E-state index < -0.39 is 0 Å². The van der Waals surface area contributed by atoms with Crippen molar-refractivity contribution in [3.8, 4) is 0 Å². The van der Waals surface area contributed by atoms with Crippen LogP contribution in [-0.4, -0.2) is 25.1 Å². The Balaban J connectivity index is 1.54. The number of nitrogens with zero attached hydrogens (tertiary/aromatic N) is 1. The molecule has 0 aromatic heterocycles. The van der Waals surface area contributed by atoms with Gasteiger partial charge in [-0.15, -0.1) is 0 Å². The fourth-order valence-corrected chi connectivity index (χ4v) is 2.56. The third-order valence-electron chi connectivity index (χ3n) is 3.99. The van der Waals surface area contributed by atoms with Gasteiger partial charge in [-0.05, 0) is 49.3 Å². The first-order valence-corrected chi connectivity index (χ1v) is 6.95. The van der Waals surface area contributed by atoms with Crippen molar-refractivity contribution in [3.63, 3.8) is 0 Å². The molecule has 1 fully saturated rings. The first kappa shape index (κ1) is 12.5. The van der Waals surface area contributed by atoms with Crippen LogP contribution in [0.2, 0.25) is 0 Å². The second-order valence-corrected chi connectivity index (χ2v) is 5.89. The van der Waals surface area contributed by atoms with Crippen molar-refractivity contribution < 1.29 is 4.39 Å². The average Bonchev–Trinajstić information content (AvgIpc) is 3.04. The van der Waals surface area contributed by atoms with Crippen molar-refractivity contribution >= 4 is 5.96 Å². The highest BCUT2D eigenvalue weighted by molar-refractivity contribution is 5.81. The zero-order chi connectivity index (χ0) is 13.3. The third kappa shape index (κ3) is 3.06. The number of aliphatic imine (C=N–C) groups is 1. The van der Waals surface area contributed by atoms with Crippen molar-refractivity contribution in [1.29, 1.82) is 0 Å². The predicted octanol–water partition coefficient (Wildman–Crippen LogP) is 2.09. The molecule has 3 rings (SSSR count). The number of benzene rings is 1. The van der Waals surface area contributed by atoms with Crippen LogP contribution in [-0.2, 0) is 6.42 Å². The van der Waals surface area contributed by atoms with Gasteiger partial charge in [0, 0.05) is 12.6 Å². The minimum Gasteiger partial charge on any atom is -0.356 e. The van der Waals surface area contributed by atoms with Gasteiger partial charge in [0.05, 0.1) is 6.54 Å². The Labute approximate surface area is 113 Å². The second kappa shape index (κ2) is 4.83. The Bertz CT molecular complexity index is 477. The van der Waals surface area contributed by atoms with Crippen LogP contribution in [0.15, 0.2) is 29.3 Å². The topological polar surface area (TPSA) is 36.4 Å². The summed E-state index contributed by atoms with van der Waals surface area (Å²) in [5, 5.41) is 6.73. The highest BCUT2D eigenvalue weighted by atomic mass is 19.1. The lowest BCUT2D eigenvalue weighted by Crippen LogP contribution is -2.40. The molecule has 0 amide bonds. The first-order valence-electron chi connectivity index (χ1n) is 6.95. The van der Waals surface area contributed by atoms with E-state index >= 15 is 0 Å². The monoisotopic (exact) mass is 261 g/mol. The number of hydrogen-bond acceptors (Lipinski definition) is 3. The summed E-state index contributed by atoms with van der Waals surface area (Å²) in [4.78, 5) is 4.41. The lowest BCUT2D eigenvalue weighted by molar-refractivity contribution is 0.492. The van der Waals surface area contributed by atoms with E-state index in [0.717, 1.165) is 25.5 Å². The number of guanidine groups is 1. The highest BCUT2D eigenvalue weighted by Gasteiger charge is 2.42. The summed E-state index contributed by atoms with van der Waals surface area (Å²) in [7, 11) is 0. The Morgan fingerprint density at radius 3 is 2.68 bits per heavy atom. The average molecular weight is 261 g/mol. The van der Waals surface area contributed by atoms with Gasteiger partial charge in [-0.1, -0.05) is 12.1 Å². The van der Waals surface area contributed by atoms with Crippen LogP contribution < -0.4 is 10.6 Å². The minimum absolute atomic E-state index is 0.162. The minimum atomic E-state index is -0.162. The van der Waals surface area contributed by atoms with E-state index in [1.165, 1.54) is 18.4 Å². The summed E-state index contributed by atoms with van der Waals surface area (Å²) >= 11 is 0. The van der Waals surface area contributed by atoms with E-state index in [2.05, 4.69) is 22.5 Å². The molecule has 2 N–H and O–H groups in total. The molecule has 1 aliphatic carbocycles. The van der Waals surface area contributed by atoms with Gasteiger partial charge in [0.15, 0.2) is 5.96 Å². The maximum atomic E-state index is 12.9. The van der Waals surface area contributed by atoms with Crippen molar-refractivity contribution in [2.24, 2.45) is 10.4 Å². The normalized spacial score (nSPS) is 23.7. The molecule has 1 aliphatic heterocycles. The lowest BCUT2D eigenvalue weighted by Gasteiger charge is -2.17. The molecule has 1 heterocycles. The molecule has 0 bridgehead atoms. The first-order chi connectivity index (χ1) is 9.15. The molecule has 0 saturated heterocycles. The molecule has 1 atom stereocenters. The van der Waals surface area contributed by atoms with Crippen LogP contribution in [0, 0.1) is 11.2 Å². The van der Waals surface area contributed by atoms with Crippen molar-refractivity contribution in [2.45, 2.75) is 32.2 Å². The highest BCUT2D eigenvalue weighted by Crippen LogP contribution is 2.47. The Hall–Kier alpha value is -1.58. The molecule has 1 aromatic carbocycles. The molecular weight excluding hydrogens is 241 g/mol. The summed E-state index contributed by atoms with van der Waals surface area (Å²) in [5.74, 6) is 0.767. The second-order valence-electron chi connectivity index (χ2n) is 5.89. The van der Waals surface area contributed by atoms with E-state index in [-0.39, 0.29) is 5.82 Å². The van der Waals surface area contributed by atoms with Crippen LogP contribution >= 0.6 is 0 Å². The standard InChI is InChI=1S/C15H20FN3/c1-11-9-17-14(19-11)18-10-15(6-7-15)8-12-2-4-13(16)5-3-12/h2-5,11H,6-10H2,1H3,(H2,17,18,19). The molecule has 102 valence electrons. The molecule has 2 aliphatic rings. The van der Waals surface area contributed by atoms with Gasteiger partial charge in [0.1, 0.15) is 5.82 Å². The Morgan fingerprint density at radius 2 is 2.11 bits per heavy atom. The van der Waals surface area contributed by atoms with Crippen LogP contribution in [0.5, 0.6) is 0 Å². The smallest absolute Gasteiger partial charge is 0.191 e. The zero-order valence-electron chi connectivity index (χ0n) is 11.2. The molecular formula is C15H20FN3. The molecule has 3 nitrogen and oxygen atoms in total. The summed E-state index contributed by atoms with van der Waals surface area (Å²) in [6.45, 7) is 3.93. The molecule has 4 heteroatoms. The van der Waals surface area contributed by atoms with Gasteiger partial charge in [-0.2, -0.15) is 0 Å². The van der Waals surface area contributed by atoms with Crippen LogP contribution in [0.4, 0.5) is 4.39 Å². The lowest BCUT2D eigenvalue weighted by atomic mass is 9.96. The maximum absolute atomic E-state index is 12.9. The zero-order valence-corrected chi connectivity index (χ0v) is 11.2. The quantitative estimate of drug-likeness (QED) is 0.870. The van der Waals surface area contributed by atoms with E-state index in [0.29, 0.717) is 11.5 Å². The maximum Gasteiger partial charge on any atom is 0.191 e. The van der Waals surface area contributed by atoms with E-state index in [1.54, 1.807) is 12.1 Å². The molecule has 19 heavy (non-hydrogen) atoms. The van der Waals surface area contributed by atoms with E-state index in [4.69, 9.17) is 0 Å². The van der Waals surface area contributed by atoms with Crippen molar-refractivity contribution in [1.82, 2.24) is 10.6 Å². The van der Waals surface area contributed by atoms with Gasteiger partial charge < -0.3 is 10.6 Å². The Kier molecular flexibility index (Phi) is 3.17. The fraction of sp³-hybridized carbons (Fsp3) is 0.533. The van der Waals surface area contributed by atoms with Crippen LogP contribution in [0.3, 0.4) is 0 Å². The summed E-state index contributed by atoms with van der Waals surface area (Å²) in [6.07, 6.45) is 3.49. The molecule has 1 unspecified atom stereocenters. The van der Waals surface area contributed by atoms with Crippen molar-refractivity contribution in [3.05, 3.63) is 35.6 Å². The number of nitrogens with one attached hydrogen (secondary N) is 2. The van der Waals surface area contributed by atoms with Crippen LogP contribution in [0.25, 0.3) is 0 Å². The van der Waals surface area contributed by atoms with Gasteiger partial charge >= 0.3 is 0 Å². The van der Waals surface area contributed by atoms with E-state index in [9.17, 15) is 4.39 Å². The van der Waals surface area contributed by atoms with Gasteiger partial charge in [-0.3, -0.25) is 4.99 Å². The SMILES string of the molecule is CC1CN=C(NCC2(Cc3ccc(F)cc3)CC2)N1. The fourth-order valence-electron chi connectivity index (χ4n) is 2.56. The van der Waals surface area contributed by atoms with Gasteiger partial charge in [0.25, 0.3) is 0 Å². The largest absolute Gasteiger partial charge is 0.356 e.